The summed E-state index contributed by atoms with van der Waals surface area (Å²) in [7, 11) is 0. The van der Waals surface area contributed by atoms with Crippen LogP contribution in [0.15, 0.2) is 22.8 Å². The molecule has 0 saturated heterocycles. The summed E-state index contributed by atoms with van der Waals surface area (Å²) in [5, 5.41) is 9.14. The van der Waals surface area contributed by atoms with E-state index in [1.807, 2.05) is 19.1 Å². The fraction of sp³-hybridized carbons (Fsp3) is 0.455. The standard InChI is InChI=1S/C11H13BrN2/c1-3-6-11(2,8-13)10-5-4-9(12)7-14-10/h4-5,7H,3,6H2,1-2H3. The molecule has 3 heteroatoms. The fourth-order valence-electron chi connectivity index (χ4n) is 1.44. The number of nitrogens with zero attached hydrogens (tertiary/aromatic N) is 2. The highest BCUT2D eigenvalue weighted by Crippen LogP contribution is 2.27. The number of hydrogen-bond acceptors (Lipinski definition) is 2. The van der Waals surface area contributed by atoms with Gasteiger partial charge in [0.2, 0.25) is 0 Å². The molecule has 1 unspecified atom stereocenters. The van der Waals surface area contributed by atoms with E-state index < -0.39 is 5.41 Å². The van der Waals surface area contributed by atoms with Gasteiger partial charge in [-0.3, -0.25) is 4.98 Å². The van der Waals surface area contributed by atoms with Gasteiger partial charge in [0.1, 0.15) is 0 Å². The molecule has 1 aromatic rings. The first-order valence-corrected chi connectivity index (χ1v) is 5.45. The maximum absolute atomic E-state index is 9.14. The summed E-state index contributed by atoms with van der Waals surface area (Å²) >= 11 is 3.33. The molecule has 0 aromatic carbocycles. The highest BCUT2D eigenvalue weighted by molar-refractivity contribution is 9.10. The number of aromatic nitrogens is 1. The minimum absolute atomic E-state index is 0.449. The van der Waals surface area contributed by atoms with Crippen LogP contribution in [0, 0.1) is 11.3 Å². The Balaban J connectivity index is 3.01. The maximum Gasteiger partial charge on any atom is 0.0965 e. The Morgan fingerprint density at radius 2 is 2.29 bits per heavy atom. The van der Waals surface area contributed by atoms with Crippen molar-refractivity contribution in [2.75, 3.05) is 0 Å². The normalized spacial score (nSPS) is 14.4. The van der Waals surface area contributed by atoms with Crippen molar-refractivity contribution in [2.45, 2.75) is 32.1 Å². The van der Waals surface area contributed by atoms with Gasteiger partial charge in [-0.2, -0.15) is 5.26 Å². The van der Waals surface area contributed by atoms with Gasteiger partial charge in [-0.1, -0.05) is 13.3 Å². The van der Waals surface area contributed by atoms with Crippen LogP contribution in [0.25, 0.3) is 0 Å². The van der Waals surface area contributed by atoms with Gasteiger partial charge in [0.15, 0.2) is 0 Å². The van der Waals surface area contributed by atoms with Gasteiger partial charge < -0.3 is 0 Å². The Hall–Kier alpha value is -0.880. The van der Waals surface area contributed by atoms with E-state index in [2.05, 4.69) is 33.9 Å². The predicted molar refractivity (Wildman–Crippen MR) is 59.8 cm³/mol. The Labute approximate surface area is 93.1 Å². The van der Waals surface area contributed by atoms with Crippen LogP contribution >= 0.6 is 15.9 Å². The Bertz CT molecular complexity index is 339. The van der Waals surface area contributed by atoms with Crippen LogP contribution in [0.3, 0.4) is 0 Å². The third-order valence-electron chi connectivity index (χ3n) is 2.29. The molecule has 0 fully saturated rings. The van der Waals surface area contributed by atoms with Gasteiger partial charge >= 0.3 is 0 Å². The van der Waals surface area contributed by atoms with E-state index in [-0.39, 0.29) is 0 Å². The molecule has 1 heterocycles. The number of pyridine rings is 1. The van der Waals surface area contributed by atoms with Crippen LogP contribution in [-0.4, -0.2) is 4.98 Å². The summed E-state index contributed by atoms with van der Waals surface area (Å²) < 4.78 is 0.943. The molecule has 14 heavy (non-hydrogen) atoms. The number of nitriles is 1. The molecule has 0 aliphatic heterocycles. The van der Waals surface area contributed by atoms with E-state index in [9.17, 15) is 0 Å². The van der Waals surface area contributed by atoms with E-state index in [1.54, 1.807) is 6.20 Å². The van der Waals surface area contributed by atoms with E-state index in [0.717, 1.165) is 23.0 Å². The molecule has 1 aromatic heterocycles. The third kappa shape index (κ3) is 2.33. The van der Waals surface area contributed by atoms with Crippen molar-refractivity contribution in [3.8, 4) is 6.07 Å². The Morgan fingerprint density at radius 1 is 1.57 bits per heavy atom. The van der Waals surface area contributed by atoms with Crippen molar-refractivity contribution in [2.24, 2.45) is 0 Å². The lowest BCUT2D eigenvalue weighted by molar-refractivity contribution is 0.528. The number of rotatable bonds is 3. The highest BCUT2D eigenvalue weighted by atomic mass is 79.9. The molecular formula is C11H13BrN2. The van der Waals surface area contributed by atoms with Gasteiger partial charge in [0, 0.05) is 10.7 Å². The lowest BCUT2D eigenvalue weighted by atomic mass is 9.83. The van der Waals surface area contributed by atoms with Gasteiger partial charge in [-0.15, -0.1) is 0 Å². The summed E-state index contributed by atoms with van der Waals surface area (Å²) in [6.07, 6.45) is 3.57. The van der Waals surface area contributed by atoms with E-state index in [0.29, 0.717) is 0 Å². The van der Waals surface area contributed by atoms with E-state index in [1.165, 1.54) is 0 Å². The quantitative estimate of drug-likeness (QED) is 0.827. The van der Waals surface area contributed by atoms with Crippen LogP contribution in [-0.2, 0) is 5.41 Å². The van der Waals surface area contributed by atoms with Crippen LogP contribution in [0.4, 0.5) is 0 Å². The molecule has 0 N–H and O–H groups in total. The number of hydrogen-bond donors (Lipinski definition) is 0. The minimum atomic E-state index is -0.449. The van der Waals surface area contributed by atoms with Crippen molar-refractivity contribution in [3.05, 3.63) is 28.5 Å². The molecule has 0 radical (unpaired) electrons. The average molecular weight is 253 g/mol. The Kier molecular flexibility index (Phi) is 3.65. The lowest BCUT2D eigenvalue weighted by Crippen LogP contribution is -2.20. The van der Waals surface area contributed by atoms with E-state index in [4.69, 9.17) is 5.26 Å². The second-order valence-electron chi connectivity index (χ2n) is 3.56. The molecule has 0 aliphatic rings. The highest BCUT2D eigenvalue weighted by Gasteiger charge is 2.26. The monoisotopic (exact) mass is 252 g/mol. The molecule has 0 aliphatic carbocycles. The van der Waals surface area contributed by atoms with E-state index >= 15 is 0 Å². The second-order valence-corrected chi connectivity index (χ2v) is 4.47. The Morgan fingerprint density at radius 3 is 2.71 bits per heavy atom. The minimum Gasteiger partial charge on any atom is -0.258 e. The number of halogens is 1. The van der Waals surface area contributed by atoms with Crippen molar-refractivity contribution in [1.82, 2.24) is 4.98 Å². The van der Waals surface area contributed by atoms with Crippen molar-refractivity contribution in [1.29, 1.82) is 5.26 Å². The summed E-state index contributed by atoms with van der Waals surface area (Å²) in [5.74, 6) is 0. The van der Waals surface area contributed by atoms with Gasteiger partial charge in [0.25, 0.3) is 0 Å². The first-order valence-electron chi connectivity index (χ1n) is 4.65. The van der Waals surface area contributed by atoms with Gasteiger partial charge in [-0.25, -0.2) is 0 Å². The van der Waals surface area contributed by atoms with Crippen molar-refractivity contribution < 1.29 is 0 Å². The lowest BCUT2D eigenvalue weighted by Gasteiger charge is -2.19. The zero-order valence-electron chi connectivity index (χ0n) is 8.42. The molecule has 0 spiro atoms. The van der Waals surface area contributed by atoms with Crippen LogP contribution < -0.4 is 0 Å². The summed E-state index contributed by atoms with van der Waals surface area (Å²) in [5.41, 5.74) is 0.403. The molecular weight excluding hydrogens is 240 g/mol. The van der Waals surface area contributed by atoms with Crippen LogP contribution in [0.5, 0.6) is 0 Å². The predicted octanol–water partition coefficient (Wildman–Crippen LogP) is 3.43. The molecule has 0 amide bonds. The third-order valence-corrected chi connectivity index (χ3v) is 2.76. The maximum atomic E-state index is 9.14. The summed E-state index contributed by atoms with van der Waals surface area (Å²) in [6.45, 7) is 4.02. The largest absolute Gasteiger partial charge is 0.258 e. The first kappa shape index (κ1) is 11.2. The topological polar surface area (TPSA) is 36.7 Å². The molecule has 0 saturated carbocycles. The van der Waals surface area contributed by atoms with Crippen LogP contribution in [0.1, 0.15) is 32.4 Å². The van der Waals surface area contributed by atoms with Gasteiger partial charge in [-0.05, 0) is 41.4 Å². The first-order chi connectivity index (χ1) is 6.62. The molecule has 1 rings (SSSR count). The zero-order valence-corrected chi connectivity index (χ0v) is 10.0. The van der Waals surface area contributed by atoms with Crippen LogP contribution in [0.2, 0.25) is 0 Å². The second kappa shape index (κ2) is 4.56. The average Bonchev–Trinajstić information content (AvgIpc) is 2.19. The summed E-state index contributed by atoms with van der Waals surface area (Å²) in [6, 6.07) is 6.17. The molecule has 1 atom stereocenters. The zero-order chi connectivity index (χ0) is 10.6. The smallest absolute Gasteiger partial charge is 0.0965 e. The fourth-order valence-corrected chi connectivity index (χ4v) is 1.68. The molecule has 0 bridgehead atoms. The SMILES string of the molecule is CCCC(C)(C#N)c1ccc(Br)cn1. The van der Waals surface area contributed by atoms with Crippen molar-refractivity contribution in [3.63, 3.8) is 0 Å². The van der Waals surface area contributed by atoms with Gasteiger partial charge in [0.05, 0.1) is 17.2 Å². The summed E-state index contributed by atoms with van der Waals surface area (Å²) in [4.78, 5) is 4.27. The van der Waals surface area contributed by atoms with Crippen molar-refractivity contribution >= 4 is 15.9 Å². The molecule has 74 valence electrons. The molecule has 2 nitrogen and oxygen atoms in total.